The summed E-state index contributed by atoms with van der Waals surface area (Å²) in [6.45, 7) is 1.11. The van der Waals surface area contributed by atoms with Crippen molar-refractivity contribution in [1.29, 1.82) is 0 Å². The van der Waals surface area contributed by atoms with Gasteiger partial charge in [-0.1, -0.05) is 30.3 Å². The van der Waals surface area contributed by atoms with Crippen LogP contribution in [0.3, 0.4) is 0 Å². The van der Waals surface area contributed by atoms with Crippen molar-refractivity contribution in [3.05, 3.63) is 60.2 Å². The van der Waals surface area contributed by atoms with Crippen molar-refractivity contribution in [2.24, 2.45) is 0 Å². The van der Waals surface area contributed by atoms with Gasteiger partial charge in [-0.25, -0.2) is 4.79 Å². The van der Waals surface area contributed by atoms with Gasteiger partial charge in [0, 0.05) is 25.9 Å². The molecule has 0 aliphatic heterocycles. The molecule has 0 aliphatic rings. The van der Waals surface area contributed by atoms with Crippen LogP contribution >= 0.6 is 0 Å². The lowest BCUT2D eigenvalue weighted by Crippen LogP contribution is -2.36. The molecular weight excluding hydrogens is 349 g/mol. The number of amides is 2. The Morgan fingerprint density at radius 3 is 2.31 bits per heavy atom. The summed E-state index contributed by atoms with van der Waals surface area (Å²) in [6, 6.07) is 14.0. The number of ether oxygens (including phenoxy) is 2. The van der Waals surface area contributed by atoms with E-state index in [2.05, 4.69) is 10.1 Å². The number of halogens is 3. The summed E-state index contributed by atoms with van der Waals surface area (Å²) in [6.07, 6.45) is -4.75. The van der Waals surface area contributed by atoms with Crippen molar-refractivity contribution in [1.82, 2.24) is 4.90 Å². The van der Waals surface area contributed by atoms with Crippen LogP contribution in [-0.2, 0) is 11.3 Å². The lowest BCUT2D eigenvalue weighted by Gasteiger charge is -2.23. The fraction of sp³-hybridized carbons (Fsp3) is 0.278. The Balaban J connectivity index is 2.01. The number of hydrogen-bond acceptors (Lipinski definition) is 3. The highest BCUT2D eigenvalue weighted by molar-refractivity contribution is 5.89. The normalized spacial score (nSPS) is 11.1. The van der Waals surface area contributed by atoms with Crippen molar-refractivity contribution in [2.75, 3.05) is 25.6 Å². The number of nitrogens with zero attached hydrogens (tertiary/aromatic N) is 1. The summed E-state index contributed by atoms with van der Waals surface area (Å²) in [5, 5.41) is 2.66. The Morgan fingerprint density at radius 2 is 1.73 bits per heavy atom. The van der Waals surface area contributed by atoms with Crippen molar-refractivity contribution in [3.63, 3.8) is 0 Å². The zero-order valence-corrected chi connectivity index (χ0v) is 14.1. The SMILES string of the molecule is COCCN(Cc1ccccc1)C(=O)Nc1ccc(OC(F)(F)F)cc1. The van der Waals surface area contributed by atoms with Crippen LogP contribution in [-0.4, -0.2) is 37.6 Å². The van der Waals surface area contributed by atoms with Gasteiger partial charge in [0.2, 0.25) is 0 Å². The van der Waals surface area contributed by atoms with Crippen LogP contribution in [0.4, 0.5) is 23.7 Å². The lowest BCUT2D eigenvalue weighted by atomic mass is 10.2. The van der Waals surface area contributed by atoms with Gasteiger partial charge in [-0.05, 0) is 29.8 Å². The van der Waals surface area contributed by atoms with E-state index >= 15 is 0 Å². The van der Waals surface area contributed by atoms with E-state index < -0.39 is 6.36 Å². The van der Waals surface area contributed by atoms with E-state index in [9.17, 15) is 18.0 Å². The van der Waals surface area contributed by atoms with E-state index in [4.69, 9.17) is 4.74 Å². The molecule has 0 aliphatic carbocycles. The highest BCUT2D eigenvalue weighted by Gasteiger charge is 2.31. The Kier molecular flexibility index (Phi) is 6.85. The highest BCUT2D eigenvalue weighted by Crippen LogP contribution is 2.24. The summed E-state index contributed by atoms with van der Waals surface area (Å²) < 4.78 is 45.3. The average Bonchev–Trinajstić information content (AvgIpc) is 2.60. The summed E-state index contributed by atoms with van der Waals surface area (Å²) in [5.41, 5.74) is 1.31. The Labute approximate surface area is 149 Å². The Hall–Kier alpha value is -2.74. The van der Waals surface area contributed by atoms with E-state index in [1.807, 2.05) is 30.3 Å². The predicted molar refractivity (Wildman–Crippen MR) is 90.9 cm³/mol. The fourth-order valence-electron chi connectivity index (χ4n) is 2.20. The molecule has 0 bridgehead atoms. The molecule has 0 heterocycles. The predicted octanol–water partition coefficient (Wildman–Crippen LogP) is 4.27. The first-order valence-corrected chi connectivity index (χ1v) is 7.82. The molecule has 0 fully saturated rings. The molecule has 8 heteroatoms. The molecule has 0 unspecified atom stereocenters. The average molecular weight is 368 g/mol. The number of alkyl halides is 3. The minimum absolute atomic E-state index is 0.351. The highest BCUT2D eigenvalue weighted by atomic mass is 19.4. The zero-order valence-electron chi connectivity index (χ0n) is 14.1. The monoisotopic (exact) mass is 368 g/mol. The molecule has 0 atom stereocenters. The number of nitrogens with one attached hydrogen (secondary N) is 1. The molecule has 0 saturated heterocycles. The first-order chi connectivity index (χ1) is 12.4. The first-order valence-electron chi connectivity index (χ1n) is 7.82. The molecule has 1 N–H and O–H groups in total. The third kappa shape index (κ3) is 6.64. The Morgan fingerprint density at radius 1 is 1.08 bits per heavy atom. The van der Waals surface area contributed by atoms with Crippen LogP contribution in [0.25, 0.3) is 0 Å². The molecule has 140 valence electrons. The molecule has 2 rings (SSSR count). The van der Waals surface area contributed by atoms with E-state index in [1.165, 1.54) is 19.2 Å². The van der Waals surface area contributed by atoms with Crippen LogP contribution < -0.4 is 10.1 Å². The zero-order chi connectivity index (χ0) is 19.0. The largest absolute Gasteiger partial charge is 0.573 e. The number of hydrogen-bond donors (Lipinski definition) is 1. The second-order valence-corrected chi connectivity index (χ2v) is 5.40. The van der Waals surface area contributed by atoms with Crippen LogP contribution in [0, 0.1) is 0 Å². The smallest absolute Gasteiger partial charge is 0.406 e. The summed E-state index contributed by atoms with van der Waals surface area (Å²) in [4.78, 5) is 14.0. The number of methoxy groups -OCH3 is 1. The van der Waals surface area contributed by atoms with Crippen LogP contribution in [0.1, 0.15) is 5.56 Å². The van der Waals surface area contributed by atoms with Crippen molar-refractivity contribution < 1.29 is 27.4 Å². The molecule has 2 aromatic rings. The molecule has 26 heavy (non-hydrogen) atoms. The van der Waals surface area contributed by atoms with Crippen LogP contribution in [0.15, 0.2) is 54.6 Å². The second kappa shape index (κ2) is 9.10. The van der Waals surface area contributed by atoms with Gasteiger partial charge in [-0.3, -0.25) is 0 Å². The van der Waals surface area contributed by atoms with Crippen LogP contribution in [0.2, 0.25) is 0 Å². The summed E-state index contributed by atoms with van der Waals surface area (Å²) in [5.74, 6) is -0.351. The van der Waals surface area contributed by atoms with Gasteiger partial charge in [0.1, 0.15) is 5.75 Å². The lowest BCUT2D eigenvalue weighted by molar-refractivity contribution is -0.274. The third-order valence-corrected chi connectivity index (χ3v) is 3.41. The number of urea groups is 1. The molecular formula is C18H19F3N2O3. The molecule has 0 aromatic heterocycles. The van der Waals surface area contributed by atoms with Gasteiger partial charge in [0.05, 0.1) is 6.61 Å². The molecule has 0 radical (unpaired) electrons. The van der Waals surface area contributed by atoms with Gasteiger partial charge in [-0.2, -0.15) is 0 Å². The second-order valence-electron chi connectivity index (χ2n) is 5.40. The number of benzene rings is 2. The van der Waals surface area contributed by atoms with E-state index in [0.717, 1.165) is 17.7 Å². The Bertz CT molecular complexity index is 691. The minimum atomic E-state index is -4.75. The fourth-order valence-corrected chi connectivity index (χ4v) is 2.20. The van der Waals surface area contributed by atoms with Crippen molar-refractivity contribution in [3.8, 4) is 5.75 Å². The summed E-state index contributed by atoms with van der Waals surface area (Å²) >= 11 is 0. The quantitative estimate of drug-likeness (QED) is 0.794. The summed E-state index contributed by atoms with van der Waals surface area (Å²) in [7, 11) is 1.54. The van der Waals surface area contributed by atoms with Crippen molar-refractivity contribution >= 4 is 11.7 Å². The topological polar surface area (TPSA) is 50.8 Å². The maximum Gasteiger partial charge on any atom is 0.573 e. The van der Waals surface area contributed by atoms with Gasteiger partial charge >= 0.3 is 12.4 Å². The molecule has 2 aromatic carbocycles. The standard InChI is InChI=1S/C18H19F3N2O3/c1-25-12-11-23(13-14-5-3-2-4-6-14)17(24)22-15-7-9-16(10-8-15)26-18(19,20)21/h2-10H,11-13H2,1H3,(H,22,24). The van der Waals surface area contributed by atoms with Gasteiger partial charge in [0.15, 0.2) is 0 Å². The minimum Gasteiger partial charge on any atom is -0.406 e. The third-order valence-electron chi connectivity index (χ3n) is 3.41. The number of carbonyl (C=O) groups is 1. The van der Waals surface area contributed by atoms with Gasteiger partial charge in [-0.15, -0.1) is 13.2 Å². The molecule has 0 saturated carbocycles. The van der Waals surface area contributed by atoms with Crippen molar-refractivity contribution in [2.45, 2.75) is 12.9 Å². The van der Waals surface area contributed by atoms with E-state index in [1.54, 1.807) is 4.90 Å². The van der Waals surface area contributed by atoms with Gasteiger partial charge < -0.3 is 19.7 Å². The molecule has 5 nitrogen and oxygen atoms in total. The van der Waals surface area contributed by atoms with Crippen LogP contribution in [0.5, 0.6) is 5.75 Å². The molecule has 0 spiro atoms. The van der Waals surface area contributed by atoms with E-state index in [-0.39, 0.29) is 11.8 Å². The maximum absolute atomic E-state index is 12.5. The maximum atomic E-state index is 12.5. The van der Waals surface area contributed by atoms with Gasteiger partial charge in [0.25, 0.3) is 0 Å². The first kappa shape index (κ1) is 19.6. The van der Waals surface area contributed by atoms with E-state index in [0.29, 0.717) is 25.4 Å². The molecule has 2 amide bonds. The number of rotatable bonds is 7. The number of carbonyl (C=O) groups excluding carboxylic acids is 1. The number of anilines is 1.